The lowest BCUT2D eigenvalue weighted by atomic mass is 10.0. The third kappa shape index (κ3) is 3.69. The largest absolute Gasteiger partial charge is 0.370 e. The molecule has 1 saturated heterocycles. The van der Waals surface area contributed by atoms with Crippen molar-refractivity contribution in [2.45, 2.75) is 19.3 Å². The Bertz CT molecular complexity index is 1030. The predicted molar refractivity (Wildman–Crippen MR) is 113 cm³/mol. The van der Waals surface area contributed by atoms with Gasteiger partial charge in [0.25, 0.3) is 0 Å². The Kier molecular flexibility index (Phi) is 4.98. The summed E-state index contributed by atoms with van der Waals surface area (Å²) in [5.41, 5.74) is 8.39. The zero-order valence-electron chi connectivity index (χ0n) is 15.7. The normalized spacial score (nSPS) is 13.6. The maximum atomic E-state index is 12.8. The molecule has 142 valence electrons. The highest BCUT2D eigenvalue weighted by Crippen LogP contribution is 2.30. The Balaban J connectivity index is 1.61. The van der Waals surface area contributed by atoms with Crippen LogP contribution in [0.25, 0.3) is 10.8 Å². The monoisotopic (exact) mass is 373 g/mol. The molecule has 4 rings (SSSR count). The first-order valence-corrected chi connectivity index (χ1v) is 9.57. The molecule has 1 fully saturated rings. The minimum atomic E-state index is -0.502. The zero-order chi connectivity index (χ0) is 19.5. The molecule has 0 spiro atoms. The Labute approximate surface area is 164 Å². The minimum Gasteiger partial charge on any atom is -0.370 e. The average Bonchev–Trinajstić information content (AvgIpc) is 3.22. The van der Waals surface area contributed by atoms with E-state index in [9.17, 15) is 9.59 Å². The van der Waals surface area contributed by atoms with Crippen LogP contribution in [0, 0.1) is 0 Å². The van der Waals surface area contributed by atoms with Crippen LogP contribution < -0.4 is 16.0 Å². The molecule has 28 heavy (non-hydrogen) atoms. The number of primary amides is 1. The molecular weight excluding hydrogens is 350 g/mol. The third-order valence-corrected chi connectivity index (χ3v) is 5.23. The van der Waals surface area contributed by atoms with E-state index in [1.807, 2.05) is 48.5 Å². The summed E-state index contributed by atoms with van der Waals surface area (Å²) < 4.78 is 0. The molecule has 0 aromatic heterocycles. The number of fused-ring (bicyclic) bond motifs is 1. The van der Waals surface area contributed by atoms with Gasteiger partial charge in [-0.2, -0.15) is 0 Å². The van der Waals surface area contributed by atoms with Crippen LogP contribution in [0.2, 0.25) is 0 Å². The van der Waals surface area contributed by atoms with Gasteiger partial charge >= 0.3 is 0 Å². The van der Waals surface area contributed by atoms with Crippen LogP contribution in [0.4, 0.5) is 11.4 Å². The van der Waals surface area contributed by atoms with E-state index < -0.39 is 5.91 Å². The van der Waals surface area contributed by atoms with Gasteiger partial charge in [0.1, 0.15) is 0 Å². The van der Waals surface area contributed by atoms with Crippen LogP contribution in [0.1, 0.15) is 28.8 Å². The number of hydrogen-bond acceptors (Lipinski definition) is 3. The number of nitrogens with one attached hydrogen (secondary N) is 1. The standard InChI is InChI=1S/C23H23N3O2/c24-23(28)18-10-11-21(26-12-3-4-13-26)20(14-18)25-22(27)15-17-8-5-7-16-6-1-2-9-19(16)17/h1-2,5-11,14H,3-4,12-13,15H2,(H2,24,28)(H,25,27). The van der Waals surface area contributed by atoms with E-state index in [0.717, 1.165) is 48.0 Å². The molecule has 3 aromatic rings. The number of rotatable bonds is 5. The number of nitrogens with two attached hydrogens (primary N) is 1. The first-order valence-electron chi connectivity index (χ1n) is 9.57. The van der Waals surface area contributed by atoms with Gasteiger partial charge in [-0.3, -0.25) is 9.59 Å². The molecule has 5 nitrogen and oxygen atoms in total. The number of benzene rings is 3. The molecule has 5 heteroatoms. The van der Waals surface area contributed by atoms with E-state index in [1.165, 1.54) is 0 Å². The zero-order valence-corrected chi connectivity index (χ0v) is 15.7. The quantitative estimate of drug-likeness (QED) is 0.716. The second-order valence-electron chi connectivity index (χ2n) is 7.15. The number of anilines is 2. The molecule has 1 heterocycles. The highest BCUT2D eigenvalue weighted by Gasteiger charge is 2.18. The molecule has 0 saturated carbocycles. The van der Waals surface area contributed by atoms with Crippen LogP contribution in [0.15, 0.2) is 60.7 Å². The highest BCUT2D eigenvalue weighted by molar-refractivity contribution is 6.01. The van der Waals surface area contributed by atoms with Crippen molar-refractivity contribution in [3.63, 3.8) is 0 Å². The number of carbonyl (C=O) groups is 2. The summed E-state index contributed by atoms with van der Waals surface area (Å²) in [4.78, 5) is 26.7. The number of hydrogen-bond donors (Lipinski definition) is 2. The maximum absolute atomic E-state index is 12.8. The molecule has 0 radical (unpaired) electrons. The van der Waals surface area contributed by atoms with E-state index in [0.29, 0.717) is 11.3 Å². The molecule has 1 aliphatic heterocycles. The van der Waals surface area contributed by atoms with Crippen LogP contribution >= 0.6 is 0 Å². The molecule has 0 atom stereocenters. The van der Waals surface area contributed by atoms with Crippen LogP contribution in [-0.4, -0.2) is 24.9 Å². The summed E-state index contributed by atoms with van der Waals surface area (Å²) in [5.74, 6) is -0.615. The van der Waals surface area contributed by atoms with Gasteiger partial charge in [0.15, 0.2) is 0 Å². The van der Waals surface area contributed by atoms with Gasteiger partial charge in [0, 0.05) is 18.7 Å². The molecule has 2 amide bonds. The van der Waals surface area contributed by atoms with Crippen molar-refractivity contribution in [1.82, 2.24) is 0 Å². The van der Waals surface area contributed by atoms with Crippen molar-refractivity contribution in [3.8, 4) is 0 Å². The molecule has 1 aliphatic rings. The molecule has 3 aromatic carbocycles. The fourth-order valence-corrected chi connectivity index (χ4v) is 3.84. The Morgan fingerprint density at radius 2 is 1.71 bits per heavy atom. The van der Waals surface area contributed by atoms with E-state index >= 15 is 0 Å². The molecular formula is C23H23N3O2. The SMILES string of the molecule is NC(=O)c1ccc(N2CCCC2)c(NC(=O)Cc2cccc3ccccc23)c1. The van der Waals surface area contributed by atoms with Crippen molar-refractivity contribution in [3.05, 3.63) is 71.8 Å². The first-order chi connectivity index (χ1) is 13.6. The van der Waals surface area contributed by atoms with Crippen molar-refractivity contribution in [2.75, 3.05) is 23.3 Å². The van der Waals surface area contributed by atoms with E-state index in [-0.39, 0.29) is 12.3 Å². The minimum absolute atomic E-state index is 0.113. The summed E-state index contributed by atoms with van der Waals surface area (Å²) in [5, 5.41) is 5.19. The van der Waals surface area contributed by atoms with Crippen molar-refractivity contribution < 1.29 is 9.59 Å². The summed E-state index contributed by atoms with van der Waals surface area (Å²) in [6.07, 6.45) is 2.52. The highest BCUT2D eigenvalue weighted by atomic mass is 16.2. The van der Waals surface area contributed by atoms with Gasteiger partial charge in [-0.05, 0) is 47.4 Å². The summed E-state index contributed by atoms with van der Waals surface area (Å²) >= 11 is 0. The van der Waals surface area contributed by atoms with Gasteiger partial charge in [0.2, 0.25) is 11.8 Å². The van der Waals surface area contributed by atoms with Gasteiger partial charge in [0.05, 0.1) is 17.8 Å². The topological polar surface area (TPSA) is 75.4 Å². The van der Waals surface area contributed by atoms with Gasteiger partial charge < -0.3 is 16.0 Å². The van der Waals surface area contributed by atoms with E-state index in [1.54, 1.807) is 12.1 Å². The fraction of sp³-hybridized carbons (Fsp3) is 0.217. The lowest BCUT2D eigenvalue weighted by Crippen LogP contribution is -2.23. The fourth-order valence-electron chi connectivity index (χ4n) is 3.84. The average molecular weight is 373 g/mol. The first kappa shape index (κ1) is 18.0. The van der Waals surface area contributed by atoms with Crippen LogP contribution in [-0.2, 0) is 11.2 Å². The summed E-state index contributed by atoms with van der Waals surface area (Å²) in [6, 6.07) is 19.3. The summed E-state index contributed by atoms with van der Waals surface area (Å²) in [7, 11) is 0. The Hall–Kier alpha value is -3.34. The third-order valence-electron chi connectivity index (χ3n) is 5.23. The Morgan fingerprint density at radius 3 is 2.50 bits per heavy atom. The van der Waals surface area contributed by atoms with Crippen molar-refractivity contribution in [1.29, 1.82) is 0 Å². The molecule has 0 unspecified atom stereocenters. The molecule has 0 aliphatic carbocycles. The number of amides is 2. The predicted octanol–water partition coefficient (Wildman–Crippen LogP) is 3.72. The number of nitrogens with zero attached hydrogens (tertiary/aromatic N) is 1. The molecule has 0 bridgehead atoms. The van der Waals surface area contributed by atoms with Gasteiger partial charge in [-0.25, -0.2) is 0 Å². The summed E-state index contributed by atoms with van der Waals surface area (Å²) in [6.45, 7) is 1.89. The molecule has 3 N–H and O–H groups in total. The number of carbonyl (C=O) groups excluding carboxylic acids is 2. The lowest BCUT2D eigenvalue weighted by Gasteiger charge is -2.22. The van der Waals surface area contributed by atoms with Crippen LogP contribution in [0.5, 0.6) is 0 Å². The second kappa shape index (κ2) is 7.72. The lowest BCUT2D eigenvalue weighted by molar-refractivity contribution is -0.115. The van der Waals surface area contributed by atoms with E-state index in [2.05, 4.69) is 10.2 Å². The van der Waals surface area contributed by atoms with Crippen molar-refractivity contribution in [2.24, 2.45) is 5.73 Å². The van der Waals surface area contributed by atoms with Gasteiger partial charge in [-0.15, -0.1) is 0 Å². The second-order valence-corrected chi connectivity index (χ2v) is 7.15. The van der Waals surface area contributed by atoms with Crippen molar-refractivity contribution >= 4 is 34.0 Å². The Morgan fingerprint density at radius 1 is 0.964 bits per heavy atom. The van der Waals surface area contributed by atoms with E-state index in [4.69, 9.17) is 5.73 Å². The smallest absolute Gasteiger partial charge is 0.248 e. The van der Waals surface area contributed by atoms with Gasteiger partial charge in [-0.1, -0.05) is 42.5 Å². The maximum Gasteiger partial charge on any atom is 0.248 e. The van der Waals surface area contributed by atoms with Crippen LogP contribution in [0.3, 0.4) is 0 Å².